The monoisotopic (exact) mass is 455 g/mol. The Kier molecular flexibility index (Phi) is 4.24. The van der Waals surface area contributed by atoms with Gasteiger partial charge in [-0.3, -0.25) is 0 Å². The summed E-state index contributed by atoms with van der Waals surface area (Å²) in [4.78, 5) is 0. The summed E-state index contributed by atoms with van der Waals surface area (Å²) in [6.45, 7) is 0. The van der Waals surface area contributed by atoms with Crippen molar-refractivity contribution in [3.05, 3.63) is 103 Å². The van der Waals surface area contributed by atoms with Gasteiger partial charge in [0.15, 0.2) is 11.9 Å². The van der Waals surface area contributed by atoms with Gasteiger partial charge in [0, 0.05) is 22.5 Å². The first-order chi connectivity index (χ1) is 17.2. The van der Waals surface area contributed by atoms with E-state index in [1.54, 1.807) is 7.11 Å². The van der Waals surface area contributed by atoms with E-state index in [0.717, 1.165) is 44.6 Å². The second kappa shape index (κ2) is 7.47. The topological polar surface area (TPSA) is 31.2 Å². The normalized spacial score (nSPS) is 11.7. The molecule has 7 rings (SSSR count). The lowest BCUT2D eigenvalue weighted by molar-refractivity contribution is -0.659. The first kappa shape index (κ1) is 19.9. The summed E-state index contributed by atoms with van der Waals surface area (Å²) in [5, 5.41) is 5.74. The van der Waals surface area contributed by atoms with Gasteiger partial charge in [-0.05, 0) is 47.9 Å². The van der Waals surface area contributed by atoms with Gasteiger partial charge >= 0.3 is 0 Å². The Balaban J connectivity index is 1.50. The summed E-state index contributed by atoms with van der Waals surface area (Å²) in [6.07, 6.45) is 2.08. The third-order valence-electron chi connectivity index (χ3n) is 6.93. The molecular formula is C31H23N2O2+. The predicted molar refractivity (Wildman–Crippen MR) is 141 cm³/mol. The average molecular weight is 456 g/mol. The fourth-order valence-electron chi connectivity index (χ4n) is 5.36. The van der Waals surface area contributed by atoms with Crippen LogP contribution in [0.25, 0.3) is 60.7 Å². The van der Waals surface area contributed by atoms with Crippen LogP contribution in [0.4, 0.5) is 0 Å². The van der Waals surface area contributed by atoms with E-state index in [2.05, 4.69) is 88.1 Å². The molecule has 0 N–H and O–H groups in total. The minimum Gasteiger partial charge on any atom is -0.492 e. The molecule has 3 heterocycles. The fourth-order valence-corrected chi connectivity index (χ4v) is 5.36. The van der Waals surface area contributed by atoms with Gasteiger partial charge in [0.25, 0.3) is 5.69 Å². The molecule has 4 heteroatoms. The number of nitrogens with zero attached hydrogens (tertiary/aromatic N) is 2. The molecule has 7 aromatic rings. The summed E-state index contributed by atoms with van der Waals surface area (Å²) in [6, 6.07) is 34.0. The van der Waals surface area contributed by atoms with Crippen LogP contribution in [0.15, 0.2) is 108 Å². The van der Waals surface area contributed by atoms with Crippen LogP contribution >= 0.6 is 0 Å². The average Bonchev–Trinajstić information content (AvgIpc) is 3.44. The van der Waals surface area contributed by atoms with Crippen molar-refractivity contribution in [2.24, 2.45) is 7.05 Å². The Hall–Kier alpha value is -4.57. The van der Waals surface area contributed by atoms with Gasteiger partial charge < -0.3 is 13.7 Å². The fraction of sp³-hybridized carbons (Fsp3) is 0.0645. The Morgan fingerprint density at radius 3 is 2.09 bits per heavy atom. The molecule has 0 fully saturated rings. The van der Waals surface area contributed by atoms with Crippen LogP contribution in [0, 0.1) is 0 Å². The van der Waals surface area contributed by atoms with Gasteiger partial charge in [0.2, 0.25) is 5.76 Å². The first-order valence-corrected chi connectivity index (χ1v) is 11.7. The van der Waals surface area contributed by atoms with Gasteiger partial charge in [-0.1, -0.05) is 48.5 Å². The number of hydrogen-bond acceptors (Lipinski definition) is 2. The summed E-state index contributed by atoms with van der Waals surface area (Å²) in [5.74, 6) is 1.50. The number of pyridine rings is 1. The predicted octanol–water partition coefficient (Wildman–Crippen LogP) is 7.18. The number of hydrogen-bond donors (Lipinski definition) is 0. The minimum absolute atomic E-state index is 0.742. The largest absolute Gasteiger partial charge is 0.492 e. The minimum atomic E-state index is 0.742. The van der Waals surface area contributed by atoms with Crippen LogP contribution in [-0.4, -0.2) is 11.7 Å². The van der Waals surface area contributed by atoms with Crippen molar-refractivity contribution in [3.63, 3.8) is 0 Å². The maximum Gasteiger partial charge on any atom is 0.259 e. The van der Waals surface area contributed by atoms with E-state index in [1.807, 2.05) is 31.3 Å². The van der Waals surface area contributed by atoms with Gasteiger partial charge in [-0.2, -0.15) is 4.57 Å². The Labute approximate surface area is 202 Å². The highest BCUT2D eigenvalue weighted by molar-refractivity contribution is 6.09. The molecule has 0 spiro atoms. The van der Waals surface area contributed by atoms with Crippen LogP contribution in [0.5, 0.6) is 5.75 Å². The van der Waals surface area contributed by atoms with Crippen molar-refractivity contribution in [3.8, 4) is 22.9 Å². The summed E-state index contributed by atoms with van der Waals surface area (Å²) in [5.41, 5.74) is 5.34. The maximum absolute atomic E-state index is 6.33. The zero-order valence-corrected chi connectivity index (χ0v) is 19.5. The number of methoxy groups -OCH3 is 1. The summed E-state index contributed by atoms with van der Waals surface area (Å²) in [7, 11) is 3.74. The third kappa shape index (κ3) is 2.83. The molecule has 0 radical (unpaired) electrons. The number of benzene rings is 4. The molecule has 3 aromatic heterocycles. The number of para-hydroxylation sites is 3. The molecule has 35 heavy (non-hydrogen) atoms. The quantitative estimate of drug-likeness (QED) is 0.264. The van der Waals surface area contributed by atoms with E-state index in [9.17, 15) is 0 Å². The van der Waals surface area contributed by atoms with Crippen molar-refractivity contribution >= 4 is 43.5 Å². The van der Waals surface area contributed by atoms with E-state index < -0.39 is 0 Å². The van der Waals surface area contributed by atoms with Gasteiger partial charge in [-0.25, -0.2) is 0 Å². The Bertz CT molecular complexity index is 1860. The van der Waals surface area contributed by atoms with E-state index in [0.29, 0.717) is 0 Å². The van der Waals surface area contributed by atoms with Gasteiger partial charge in [0.1, 0.15) is 12.6 Å². The molecule has 0 aliphatic rings. The van der Waals surface area contributed by atoms with Crippen LogP contribution in [0.2, 0.25) is 0 Å². The number of aryl methyl sites for hydroxylation is 1. The molecule has 0 saturated heterocycles. The van der Waals surface area contributed by atoms with E-state index in [1.165, 1.54) is 21.8 Å². The highest BCUT2D eigenvalue weighted by atomic mass is 16.5. The van der Waals surface area contributed by atoms with Crippen LogP contribution in [0.1, 0.15) is 0 Å². The number of aromatic nitrogens is 2. The number of rotatable bonds is 3. The van der Waals surface area contributed by atoms with E-state index in [-0.39, 0.29) is 0 Å². The Morgan fingerprint density at radius 1 is 0.714 bits per heavy atom. The SMILES string of the molecule is COc1c(-c2c3ccc(-n4c5ccccc5c5ccccc54)cc3cc[n+]2C)oc2ccccc12. The second-order valence-corrected chi connectivity index (χ2v) is 8.88. The molecule has 4 nitrogen and oxygen atoms in total. The van der Waals surface area contributed by atoms with Crippen molar-refractivity contribution in [2.75, 3.05) is 7.11 Å². The molecule has 0 amide bonds. The van der Waals surface area contributed by atoms with Gasteiger partial charge in [0.05, 0.1) is 28.9 Å². The summed E-state index contributed by atoms with van der Waals surface area (Å²) >= 11 is 0. The van der Waals surface area contributed by atoms with E-state index >= 15 is 0 Å². The standard InChI is InChI=1S/C31H23N2O2/c1-32-18-17-20-19-21(33-26-12-6-3-9-23(26)24-10-4-7-13-27(24)33)15-16-22(20)29(32)31-30(34-2)25-11-5-8-14-28(25)35-31/h3-19H,1-2H3/q+1. The number of furan rings is 1. The zero-order chi connectivity index (χ0) is 23.5. The zero-order valence-electron chi connectivity index (χ0n) is 19.5. The van der Waals surface area contributed by atoms with Crippen LogP contribution in [-0.2, 0) is 7.05 Å². The lowest BCUT2D eigenvalue weighted by Gasteiger charge is -2.10. The van der Waals surface area contributed by atoms with E-state index in [4.69, 9.17) is 9.15 Å². The number of fused-ring (bicyclic) bond motifs is 5. The molecule has 0 atom stereocenters. The smallest absolute Gasteiger partial charge is 0.259 e. The van der Waals surface area contributed by atoms with Crippen molar-refractivity contribution < 1.29 is 13.7 Å². The molecule has 4 aromatic carbocycles. The summed E-state index contributed by atoms with van der Waals surface area (Å²) < 4.78 is 16.6. The highest BCUT2D eigenvalue weighted by Gasteiger charge is 2.26. The molecule has 0 saturated carbocycles. The molecule has 0 aliphatic carbocycles. The molecule has 0 aliphatic heterocycles. The molecule has 0 bridgehead atoms. The second-order valence-electron chi connectivity index (χ2n) is 8.88. The maximum atomic E-state index is 6.33. The van der Waals surface area contributed by atoms with Crippen molar-refractivity contribution in [1.29, 1.82) is 0 Å². The Morgan fingerprint density at radius 2 is 1.37 bits per heavy atom. The lowest BCUT2D eigenvalue weighted by atomic mass is 10.1. The number of ether oxygens (including phenoxy) is 1. The third-order valence-corrected chi connectivity index (χ3v) is 6.93. The highest BCUT2D eigenvalue weighted by Crippen LogP contribution is 2.41. The van der Waals surface area contributed by atoms with Crippen LogP contribution < -0.4 is 9.30 Å². The van der Waals surface area contributed by atoms with Crippen molar-refractivity contribution in [2.45, 2.75) is 0 Å². The first-order valence-electron chi connectivity index (χ1n) is 11.7. The van der Waals surface area contributed by atoms with Crippen molar-refractivity contribution in [1.82, 2.24) is 4.57 Å². The van der Waals surface area contributed by atoms with Crippen LogP contribution in [0.3, 0.4) is 0 Å². The molecule has 0 unspecified atom stereocenters. The molecule has 168 valence electrons. The molecular weight excluding hydrogens is 432 g/mol. The van der Waals surface area contributed by atoms with Gasteiger partial charge in [-0.15, -0.1) is 0 Å². The lowest BCUT2D eigenvalue weighted by Crippen LogP contribution is -2.30.